The summed E-state index contributed by atoms with van der Waals surface area (Å²) in [6.45, 7) is 4.44. The van der Waals surface area contributed by atoms with Gasteiger partial charge in [0.25, 0.3) is 0 Å². The van der Waals surface area contributed by atoms with Gasteiger partial charge in [0, 0.05) is 19.2 Å². The van der Waals surface area contributed by atoms with Crippen molar-refractivity contribution in [3.63, 3.8) is 0 Å². The second-order valence-electron chi connectivity index (χ2n) is 6.40. The van der Waals surface area contributed by atoms with Crippen molar-refractivity contribution < 1.29 is 13.2 Å². The van der Waals surface area contributed by atoms with Crippen LogP contribution in [0.15, 0.2) is 48.7 Å². The zero-order valence-corrected chi connectivity index (χ0v) is 16.2. The number of hydrogen-bond acceptors (Lipinski definition) is 4. The number of carbonyl (C=O) groups is 1. The minimum Gasteiger partial charge on any atom is -0.350 e. The van der Waals surface area contributed by atoms with Crippen LogP contribution in [0.25, 0.3) is 0 Å². The second kappa shape index (κ2) is 8.80. The number of amides is 1. The number of rotatable bonds is 8. The number of nitrogens with one attached hydrogen (secondary N) is 1. The summed E-state index contributed by atoms with van der Waals surface area (Å²) in [5.74, 6) is -0.0419. The molecule has 6 nitrogen and oxygen atoms in total. The van der Waals surface area contributed by atoms with Gasteiger partial charge in [-0.3, -0.25) is 14.1 Å². The van der Waals surface area contributed by atoms with Crippen LogP contribution in [-0.2, 0) is 21.4 Å². The first-order valence-electron chi connectivity index (χ1n) is 8.52. The highest BCUT2D eigenvalue weighted by atomic mass is 32.2. The first kappa shape index (κ1) is 19.9. The Kier molecular flexibility index (Phi) is 6.74. The molecule has 0 fully saturated rings. The lowest BCUT2D eigenvalue weighted by molar-refractivity contribution is -0.121. The van der Waals surface area contributed by atoms with Crippen molar-refractivity contribution >= 4 is 21.6 Å². The van der Waals surface area contributed by atoms with Crippen LogP contribution in [0.3, 0.4) is 0 Å². The molecule has 26 heavy (non-hydrogen) atoms. The topological polar surface area (TPSA) is 79.4 Å². The standard InChI is InChI=1S/C19H25N3O3S/c1-15(2)17-9-4-5-10-18(17)22(26(3,24)25)13-11-19(23)21-14-16-8-6-7-12-20-16/h4-10,12,15H,11,13-14H2,1-3H3,(H,21,23). The zero-order valence-electron chi connectivity index (χ0n) is 15.3. The van der Waals surface area contributed by atoms with Crippen LogP contribution in [0.4, 0.5) is 5.69 Å². The number of sulfonamides is 1. The molecule has 1 N–H and O–H groups in total. The van der Waals surface area contributed by atoms with Crippen molar-refractivity contribution in [2.45, 2.75) is 32.7 Å². The van der Waals surface area contributed by atoms with Crippen molar-refractivity contribution in [1.29, 1.82) is 0 Å². The number of anilines is 1. The number of para-hydroxylation sites is 1. The van der Waals surface area contributed by atoms with Gasteiger partial charge in [0.15, 0.2) is 0 Å². The van der Waals surface area contributed by atoms with Crippen molar-refractivity contribution in [3.05, 3.63) is 59.9 Å². The predicted octanol–water partition coefficient (Wildman–Crippen LogP) is 2.68. The van der Waals surface area contributed by atoms with E-state index in [-0.39, 0.29) is 24.8 Å². The van der Waals surface area contributed by atoms with Crippen molar-refractivity contribution in [3.8, 4) is 0 Å². The van der Waals surface area contributed by atoms with E-state index in [4.69, 9.17) is 0 Å². The van der Waals surface area contributed by atoms with Crippen molar-refractivity contribution in [2.24, 2.45) is 0 Å². The molecule has 0 radical (unpaired) electrons. The van der Waals surface area contributed by atoms with Crippen LogP contribution in [0.1, 0.15) is 37.4 Å². The lowest BCUT2D eigenvalue weighted by Gasteiger charge is -2.26. The van der Waals surface area contributed by atoms with Crippen LogP contribution in [-0.4, -0.2) is 32.1 Å². The SMILES string of the molecule is CC(C)c1ccccc1N(CCC(=O)NCc1ccccn1)S(C)(=O)=O. The summed E-state index contributed by atoms with van der Waals surface area (Å²) in [6, 6.07) is 12.9. The van der Waals surface area contributed by atoms with Gasteiger partial charge in [0.05, 0.1) is 24.2 Å². The van der Waals surface area contributed by atoms with E-state index in [1.165, 1.54) is 4.31 Å². The molecule has 0 bridgehead atoms. The Balaban J connectivity index is 2.07. The molecule has 1 heterocycles. The van der Waals surface area contributed by atoms with Gasteiger partial charge in [0.2, 0.25) is 15.9 Å². The molecule has 2 rings (SSSR count). The fourth-order valence-electron chi connectivity index (χ4n) is 2.65. The molecule has 1 amide bonds. The first-order valence-corrected chi connectivity index (χ1v) is 10.4. The summed E-state index contributed by atoms with van der Waals surface area (Å²) in [6.07, 6.45) is 2.90. The quantitative estimate of drug-likeness (QED) is 0.769. The molecule has 0 saturated carbocycles. The Labute approximate surface area is 155 Å². The molecule has 0 aliphatic carbocycles. The molecule has 0 spiro atoms. The Bertz CT molecular complexity index is 836. The maximum Gasteiger partial charge on any atom is 0.232 e. The van der Waals surface area contributed by atoms with E-state index in [0.29, 0.717) is 12.2 Å². The molecule has 140 valence electrons. The van der Waals surface area contributed by atoms with Crippen molar-refractivity contribution in [1.82, 2.24) is 10.3 Å². The minimum absolute atomic E-state index is 0.0757. The highest BCUT2D eigenvalue weighted by Gasteiger charge is 2.22. The monoisotopic (exact) mass is 375 g/mol. The van der Waals surface area contributed by atoms with E-state index in [0.717, 1.165) is 17.5 Å². The zero-order chi connectivity index (χ0) is 19.2. The Morgan fingerprint density at radius 3 is 2.46 bits per heavy atom. The number of nitrogens with zero attached hydrogens (tertiary/aromatic N) is 2. The van der Waals surface area contributed by atoms with E-state index in [1.54, 1.807) is 18.3 Å². The first-order chi connectivity index (χ1) is 12.3. The van der Waals surface area contributed by atoms with Gasteiger partial charge in [-0.05, 0) is 29.7 Å². The maximum absolute atomic E-state index is 12.3. The molecule has 0 unspecified atom stereocenters. The summed E-state index contributed by atoms with van der Waals surface area (Å²) >= 11 is 0. The van der Waals surface area contributed by atoms with Crippen LogP contribution in [0, 0.1) is 0 Å². The van der Waals surface area contributed by atoms with E-state index >= 15 is 0 Å². The molecule has 1 aromatic carbocycles. The van der Waals surface area contributed by atoms with Crippen LogP contribution < -0.4 is 9.62 Å². The predicted molar refractivity (Wildman–Crippen MR) is 103 cm³/mol. The number of pyridine rings is 1. The average Bonchev–Trinajstić information content (AvgIpc) is 2.60. The Hall–Kier alpha value is -2.41. The molecule has 1 aromatic heterocycles. The molecule has 0 saturated heterocycles. The maximum atomic E-state index is 12.3. The molecular weight excluding hydrogens is 350 g/mol. The lowest BCUT2D eigenvalue weighted by Crippen LogP contribution is -2.35. The van der Waals surface area contributed by atoms with E-state index in [2.05, 4.69) is 10.3 Å². The number of carbonyl (C=O) groups excluding carboxylic acids is 1. The van der Waals surface area contributed by atoms with Gasteiger partial charge in [-0.15, -0.1) is 0 Å². The van der Waals surface area contributed by atoms with E-state index in [1.807, 2.05) is 44.2 Å². The summed E-state index contributed by atoms with van der Waals surface area (Å²) in [5, 5.41) is 2.77. The summed E-state index contributed by atoms with van der Waals surface area (Å²) < 4.78 is 25.9. The van der Waals surface area contributed by atoms with Gasteiger partial charge in [0.1, 0.15) is 0 Å². The Morgan fingerprint density at radius 1 is 1.15 bits per heavy atom. The summed E-state index contributed by atoms with van der Waals surface area (Å²) in [4.78, 5) is 16.3. The number of aromatic nitrogens is 1. The number of benzene rings is 1. The highest BCUT2D eigenvalue weighted by Crippen LogP contribution is 2.29. The van der Waals surface area contributed by atoms with Crippen molar-refractivity contribution in [2.75, 3.05) is 17.1 Å². The molecule has 7 heteroatoms. The van der Waals surface area contributed by atoms with Crippen LogP contribution in [0.2, 0.25) is 0 Å². The minimum atomic E-state index is -3.50. The largest absolute Gasteiger partial charge is 0.350 e. The third-order valence-electron chi connectivity index (χ3n) is 3.96. The molecule has 0 atom stereocenters. The smallest absolute Gasteiger partial charge is 0.232 e. The van der Waals surface area contributed by atoms with Gasteiger partial charge < -0.3 is 5.32 Å². The molecular formula is C19H25N3O3S. The summed E-state index contributed by atoms with van der Waals surface area (Å²) in [7, 11) is -3.50. The Morgan fingerprint density at radius 2 is 1.85 bits per heavy atom. The van der Waals surface area contributed by atoms with Gasteiger partial charge in [-0.25, -0.2) is 8.42 Å². The third kappa shape index (κ3) is 5.56. The van der Waals surface area contributed by atoms with Gasteiger partial charge >= 0.3 is 0 Å². The van der Waals surface area contributed by atoms with E-state index in [9.17, 15) is 13.2 Å². The lowest BCUT2D eigenvalue weighted by atomic mass is 10.0. The third-order valence-corrected chi connectivity index (χ3v) is 5.14. The summed E-state index contributed by atoms with van der Waals surface area (Å²) in [5.41, 5.74) is 2.32. The van der Waals surface area contributed by atoms with E-state index < -0.39 is 10.0 Å². The van der Waals surface area contributed by atoms with Crippen LogP contribution >= 0.6 is 0 Å². The van der Waals surface area contributed by atoms with Gasteiger partial charge in [-0.1, -0.05) is 38.1 Å². The second-order valence-corrected chi connectivity index (χ2v) is 8.30. The average molecular weight is 375 g/mol. The molecule has 2 aromatic rings. The fourth-order valence-corrected chi connectivity index (χ4v) is 3.60. The highest BCUT2D eigenvalue weighted by molar-refractivity contribution is 7.92. The number of hydrogen-bond donors (Lipinski definition) is 1. The normalized spacial score (nSPS) is 11.4. The van der Waals surface area contributed by atoms with Crippen LogP contribution in [0.5, 0.6) is 0 Å². The van der Waals surface area contributed by atoms with Gasteiger partial charge in [-0.2, -0.15) is 0 Å². The fraction of sp³-hybridized carbons (Fsp3) is 0.368. The molecule has 0 aliphatic heterocycles. The molecule has 0 aliphatic rings.